The predicted molar refractivity (Wildman–Crippen MR) is 66.5 cm³/mol. The molecule has 0 aliphatic heterocycles. The van der Waals surface area contributed by atoms with E-state index in [1.165, 1.54) is 11.3 Å². The maximum atomic E-state index is 11.4. The van der Waals surface area contributed by atoms with Crippen LogP contribution in [0.5, 0.6) is 0 Å². The van der Waals surface area contributed by atoms with E-state index in [2.05, 4.69) is 24.0 Å². The summed E-state index contributed by atoms with van der Waals surface area (Å²) in [6.07, 6.45) is 4.46. The van der Waals surface area contributed by atoms with E-state index in [0.29, 0.717) is 6.42 Å². The number of benzene rings is 1. The van der Waals surface area contributed by atoms with Gasteiger partial charge in [-0.25, -0.2) is 0 Å². The lowest BCUT2D eigenvalue weighted by atomic mass is 10.0. The Morgan fingerprint density at radius 3 is 2.62 bits per heavy atom. The molecular formula is C14H17NO. The first-order valence-electron chi connectivity index (χ1n) is 5.71. The van der Waals surface area contributed by atoms with E-state index in [1.807, 2.05) is 19.2 Å². The molecule has 0 radical (unpaired) electrons. The summed E-state index contributed by atoms with van der Waals surface area (Å²) in [6.45, 7) is 2.09. The van der Waals surface area contributed by atoms with Crippen molar-refractivity contribution in [3.63, 3.8) is 0 Å². The van der Waals surface area contributed by atoms with E-state index in [1.54, 1.807) is 6.08 Å². The van der Waals surface area contributed by atoms with Crippen LogP contribution in [0.2, 0.25) is 0 Å². The van der Waals surface area contributed by atoms with Crippen LogP contribution < -0.4 is 4.90 Å². The molecule has 0 unspecified atom stereocenters. The number of carbonyl (C=O) groups is 1. The number of hydrogen-bond donors (Lipinski definition) is 0. The van der Waals surface area contributed by atoms with Gasteiger partial charge in [0.15, 0.2) is 5.78 Å². The Hall–Kier alpha value is -1.57. The van der Waals surface area contributed by atoms with E-state index in [-0.39, 0.29) is 5.78 Å². The Morgan fingerprint density at radius 2 is 1.94 bits per heavy atom. The van der Waals surface area contributed by atoms with E-state index < -0.39 is 0 Å². The van der Waals surface area contributed by atoms with Gasteiger partial charge in [0.25, 0.3) is 0 Å². The Bertz CT molecular complexity index is 434. The van der Waals surface area contributed by atoms with Gasteiger partial charge in [0.2, 0.25) is 0 Å². The largest absolute Gasteiger partial charge is 0.348 e. The van der Waals surface area contributed by atoms with Crippen molar-refractivity contribution in [3.8, 4) is 0 Å². The average Bonchev–Trinajstić information content (AvgIpc) is 2.29. The highest BCUT2D eigenvalue weighted by atomic mass is 16.1. The van der Waals surface area contributed by atoms with Gasteiger partial charge in [-0.15, -0.1) is 0 Å². The van der Waals surface area contributed by atoms with Gasteiger partial charge in [0, 0.05) is 30.9 Å². The molecule has 1 aromatic rings. The first-order valence-corrected chi connectivity index (χ1v) is 5.71. The molecule has 2 nitrogen and oxygen atoms in total. The lowest BCUT2D eigenvalue weighted by Gasteiger charge is -2.26. The highest BCUT2D eigenvalue weighted by Gasteiger charge is 2.15. The summed E-state index contributed by atoms with van der Waals surface area (Å²) < 4.78 is 0. The fraction of sp³-hybridized carbons (Fsp3) is 0.357. The molecule has 0 bridgehead atoms. The topological polar surface area (TPSA) is 20.3 Å². The van der Waals surface area contributed by atoms with Crippen LogP contribution >= 0.6 is 0 Å². The smallest absolute Gasteiger partial charge is 0.157 e. The van der Waals surface area contributed by atoms with Crippen molar-refractivity contribution in [2.45, 2.75) is 26.2 Å². The van der Waals surface area contributed by atoms with E-state index in [0.717, 1.165) is 18.5 Å². The second-order valence-corrected chi connectivity index (χ2v) is 4.30. The number of nitrogens with zero attached hydrogens (tertiary/aromatic N) is 1. The maximum Gasteiger partial charge on any atom is 0.157 e. The minimum absolute atomic E-state index is 0.252. The van der Waals surface area contributed by atoms with Crippen LogP contribution in [-0.2, 0) is 4.79 Å². The first-order chi connectivity index (χ1) is 7.68. The Morgan fingerprint density at radius 1 is 1.19 bits per heavy atom. The number of ketones is 1. The Balaban J connectivity index is 2.28. The van der Waals surface area contributed by atoms with Gasteiger partial charge in [-0.3, -0.25) is 4.79 Å². The van der Waals surface area contributed by atoms with Gasteiger partial charge in [-0.2, -0.15) is 0 Å². The summed E-state index contributed by atoms with van der Waals surface area (Å²) >= 11 is 0. The average molecular weight is 215 g/mol. The zero-order valence-electron chi connectivity index (χ0n) is 9.86. The third-order valence-corrected chi connectivity index (χ3v) is 3.09. The molecule has 2 heteroatoms. The number of para-hydroxylation sites is 1. The molecule has 0 fully saturated rings. The van der Waals surface area contributed by atoms with Crippen molar-refractivity contribution >= 4 is 11.5 Å². The van der Waals surface area contributed by atoms with E-state index in [4.69, 9.17) is 0 Å². The monoisotopic (exact) mass is 215 g/mol. The molecule has 0 atom stereocenters. The summed E-state index contributed by atoms with van der Waals surface area (Å²) in [5, 5.41) is 0. The SMILES string of the molecule is Cc1ccccc1N(C)C1=CC(=O)CCC1. The highest BCUT2D eigenvalue weighted by molar-refractivity contribution is 5.91. The van der Waals surface area contributed by atoms with Gasteiger partial charge in [0.05, 0.1) is 0 Å². The fourth-order valence-corrected chi connectivity index (χ4v) is 2.13. The third kappa shape index (κ3) is 2.16. The molecule has 0 amide bonds. The van der Waals surface area contributed by atoms with Crippen molar-refractivity contribution in [2.24, 2.45) is 0 Å². The number of hydrogen-bond acceptors (Lipinski definition) is 2. The van der Waals surface area contributed by atoms with Crippen LogP contribution in [0.1, 0.15) is 24.8 Å². The molecule has 0 saturated heterocycles. The summed E-state index contributed by atoms with van der Waals surface area (Å²) in [4.78, 5) is 13.5. The summed E-state index contributed by atoms with van der Waals surface area (Å²) in [5.74, 6) is 0.252. The zero-order valence-corrected chi connectivity index (χ0v) is 9.86. The number of anilines is 1. The maximum absolute atomic E-state index is 11.4. The molecule has 1 aliphatic rings. The number of allylic oxidation sites excluding steroid dienone is 2. The summed E-state index contributed by atoms with van der Waals surface area (Å²) in [7, 11) is 2.03. The van der Waals surface area contributed by atoms with Crippen molar-refractivity contribution < 1.29 is 4.79 Å². The molecular weight excluding hydrogens is 198 g/mol. The molecule has 1 aliphatic carbocycles. The van der Waals surface area contributed by atoms with Crippen LogP contribution in [0, 0.1) is 6.92 Å². The van der Waals surface area contributed by atoms with Crippen molar-refractivity contribution in [2.75, 3.05) is 11.9 Å². The predicted octanol–water partition coefficient (Wildman–Crippen LogP) is 3.07. The zero-order chi connectivity index (χ0) is 11.5. The lowest BCUT2D eigenvalue weighted by molar-refractivity contribution is -0.115. The molecule has 0 aromatic heterocycles. The number of carbonyl (C=O) groups excluding carboxylic acids is 1. The fourth-order valence-electron chi connectivity index (χ4n) is 2.13. The second-order valence-electron chi connectivity index (χ2n) is 4.30. The molecule has 0 spiro atoms. The van der Waals surface area contributed by atoms with Crippen LogP contribution in [0.4, 0.5) is 5.69 Å². The van der Waals surface area contributed by atoms with Gasteiger partial charge >= 0.3 is 0 Å². The molecule has 0 saturated carbocycles. The highest BCUT2D eigenvalue weighted by Crippen LogP contribution is 2.26. The van der Waals surface area contributed by atoms with Gasteiger partial charge in [-0.05, 0) is 31.4 Å². The lowest BCUT2D eigenvalue weighted by Crippen LogP contribution is -2.21. The van der Waals surface area contributed by atoms with Crippen molar-refractivity contribution in [3.05, 3.63) is 41.6 Å². The molecule has 1 aromatic carbocycles. The second kappa shape index (κ2) is 4.52. The summed E-state index contributed by atoms with van der Waals surface area (Å²) in [5.41, 5.74) is 3.55. The Labute approximate surface area is 96.6 Å². The summed E-state index contributed by atoms with van der Waals surface area (Å²) in [6, 6.07) is 8.25. The molecule has 0 heterocycles. The molecule has 84 valence electrons. The van der Waals surface area contributed by atoms with Gasteiger partial charge in [-0.1, -0.05) is 18.2 Å². The van der Waals surface area contributed by atoms with Gasteiger partial charge < -0.3 is 4.90 Å². The third-order valence-electron chi connectivity index (χ3n) is 3.09. The van der Waals surface area contributed by atoms with Crippen LogP contribution in [0.3, 0.4) is 0 Å². The van der Waals surface area contributed by atoms with Crippen molar-refractivity contribution in [1.82, 2.24) is 0 Å². The van der Waals surface area contributed by atoms with E-state index in [9.17, 15) is 4.79 Å². The number of aryl methyl sites for hydroxylation is 1. The molecule has 0 N–H and O–H groups in total. The first kappa shape index (κ1) is 10.9. The Kier molecular flexibility index (Phi) is 3.09. The van der Waals surface area contributed by atoms with Gasteiger partial charge in [0.1, 0.15) is 0 Å². The normalized spacial score (nSPS) is 15.9. The molecule has 16 heavy (non-hydrogen) atoms. The molecule has 2 rings (SSSR count). The van der Waals surface area contributed by atoms with Crippen LogP contribution in [0.25, 0.3) is 0 Å². The van der Waals surface area contributed by atoms with Crippen molar-refractivity contribution in [1.29, 1.82) is 0 Å². The van der Waals surface area contributed by atoms with Crippen LogP contribution in [-0.4, -0.2) is 12.8 Å². The number of rotatable bonds is 2. The standard InChI is InChI=1S/C14H17NO/c1-11-6-3-4-9-14(11)15(2)12-7-5-8-13(16)10-12/h3-4,6,9-10H,5,7-8H2,1-2H3. The minimum atomic E-state index is 0.252. The minimum Gasteiger partial charge on any atom is -0.348 e. The van der Waals surface area contributed by atoms with Crippen LogP contribution in [0.15, 0.2) is 36.0 Å². The van der Waals surface area contributed by atoms with E-state index >= 15 is 0 Å². The quantitative estimate of drug-likeness (QED) is 0.755.